The normalized spacial score (nSPS) is 11.9. The molecule has 0 nitrogen and oxygen atoms in total. The van der Waals surface area contributed by atoms with E-state index in [1.165, 1.54) is 16.7 Å². The predicted molar refractivity (Wildman–Crippen MR) is 75.6 cm³/mol. The maximum atomic E-state index is 2.20. The van der Waals surface area contributed by atoms with Gasteiger partial charge in [0.25, 0.3) is 0 Å². The second-order valence-corrected chi connectivity index (χ2v) is 3.88. The van der Waals surface area contributed by atoms with Gasteiger partial charge in [0.1, 0.15) is 0 Å². The van der Waals surface area contributed by atoms with Gasteiger partial charge in [-0.1, -0.05) is 72.8 Å². The van der Waals surface area contributed by atoms with E-state index in [0.717, 1.165) is 0 Å². The van der Waals surface area contributed by atoms with Gasteiger partial charge in [-0.3, -0.25) is 0 Å². The summed E-state index contributed by atoms with van der Waals surface area (Å²) in [5, 5.41) is 0. The Hall–Kier alpha value is -2.08. The molecule has 0 amide bonds. The summed E-state index contributed by atoms with van der Waals surface area (Å²) in [6.45, 7) is 2.04. The van der Waals surface area contributed by atoms with E-state index in [9.17, 15) is 0 Å². The van der Waals surface area contributed by atoms with Gasteiger partial charge in [0.2, 0.25) is 0 Å². The number of rotatable bonds is 3. The van der Waals surface area contributed by atoms with Crippen LogP contribution >= 0.6 is 0 Å². The first-order chi connectivity index (χ1) is 8.40. The van der Waals surface area contributed by atoms with Crippen LogP contribution in [0.4, 0.5) is 0 Å². The molecule has 0 spiro atoms. The van der Waals surface area contributed by atoms with Crippen LogP contribution in [-0.4, -0.2) is 0 Å². The molecule has 0 saturated carbocycles. The molecule has 84 valence electrons. The molecule has 0 heteroatoms. The summed E-state index contributed by atoms with van der Waals surface area (Å²) in [5.74, 6) is 0. The first kappa shape index (κ1) is 11.4. The number of benzene rings is 2. The summed E-state index contributed by atoms with van der Waals surface area (Å²) in [6, 6.07) is 20.8. The highest BCUT2D eigenvalue weighted by atomic mass is 14.0. The SMILES string of the molecule is C/C=C/C(=C\c1ccccc1)c1ccccc1. The molecule has 0 atom stereocenters. The van der Waals surface area contributed by atoms with Gasteiger partial charge in [0, 0.05) is 0 Å². The third-order valence-electron chi connectivity index (χ3n) is 2.58. The van der Waals surface area contributed by atoms with E-state index in [4.69, 9.17) is 0 Å². The number of allylic oxidation sites excluding steroid dienone is 3. The second kappa shape index (κ2) is 5.86. The zero-order valence-corrected chi connectivity index (χ0v) is 10.0. The van der Waals surface area contributed by atoms with Crippen LogP contribution in [0.3, 0.4) is 0 Å². The lowest BCUT2D eigenvalue weighted by Gasteiger charge is -2.02. The van der Waals surface area contributed by atoms with Gasteiger partial charge in [-0.15, -0.1) is 0 Å². The largest absolute Gasteiger partial charge is 0.0870 e. The van der Waals surface area contributed by atoms with E-state index < -0.39 is 0 Å². The highest BCUT2D eigenvalue weighted by molar-refractivity contribution is 5.87. The van der Waals surface area contributed by atoms with Gasteiger partial charge in [-0.2, -0.15) is 0 Å². The van der Waals surface area contributed by atoms with E-state index in [0.29, 0.717) is 0 Å². The van der Waals surface area contributed by atoms with E-state index in [1.54, 1.807) is 0 Å². The summed E-state index contributed by atoms with van der Waals surface area (Å²) < 4.78 is 0. The Kier molecular flexibility index (Phi) is 3.93. The lowest BCUT2D eigenvalue weighted by atomic mass is 10.0. The van der Waals surface area contributed by atoms with Crippen molar-refractivity contribution in [1.29, 1.82) is 0 Å². The van der Waals surface area contributed by atoms with Gasteiger partial charge in [0.05, 0.1) is 0 Å². The Morgan fingerprint density at radius 2 is 1.41 bits per heavy atom. The highest BCUT2D eigenvalue weighted by Gasteiger charge is 1.96. The monoisotopic (exact) mass is 220 g/mol. The molecule has 0 aliphatic carbocycles. The van der Waals surface area contributed by atoms with Gasteiger partial charge in [-0.05, 0) is 29.7 Å². The van der Waals surface area contributed by atoms with Crippen LogP contribution in [-0.2, 0) is 0 Å². The van der Waals surface area contributed by atoms with Crippen molar-refractivity contribution in [2.45, 2.75) is 6.92 Å². The Balaban J connectivity index is 2.40. The molecule has 0 N–H and O–H groups in total. The van der Waals surface area contributed by atoms with Crippen molar-refractivity contribution in [3.8, 4) is 0 Å². The minimum absolute atomic E-state index is 1.23. The molecule has 0 aliphatic heterocycles. The average Bonchev–Trinajstić information content (AvgIpc) is 2.40. The Bertz CT molecular complexity index is 504. The Morgan fingerprint density at radius 3 is 2.00 bits per heavy atom. The van der Waals surface area contributed by atoms with Crippen LogP contribution in [0.5, 0.6) is 0 Å². The van der Waals surface area contributed by atoms with Gasteiger partial charge < -0.3 is 0 Å². The molecule has 0 bridgehead atoms. The van der Waals surface area contributed by atoms with Crippen molar-refractivity contribution in [1.82, 2.24) is 0 Å². The summed E-state index contributed by atoms with van der Waals surface area (Å²) in [5.41, 5.74) is 3.71. The maximum Gasteiger partial charge on any atom is -0.0181 e. The minimum Gasteiger partial charge on any atom is -0.0870 e. The van der Waals surface area contributed by atoms with Crippen LogP contribution < -0.4 is 0 Å². The summed E-state index contributed by atoms with van der Waals surface area (Å²) in [4.78, 5) is 0. The van der Waals surface area contributed by atoms with Crippen LogP contribution in [0.1, 0.15) is 18.1 Å². The summed E-state index contributed by atoms with van der Waals surface area (Å²) in [7, 11) is 0. The van der Waals surface area contributed by atoms with Crippen molar-refractivity contribution >= 4 is 11.6 Å². The Morgan fingerprint density at radius 1 is 0.824 bits per heavy atom. The smallest absolute Gasteiger partial charge is 0.0181 e. The van der Waals surface area contributed by atoms with E-state index in [2.05, 4.69) is 66.8 Å². The van der Waals surface area contributed by atoms with Crippen LogP contribution in [0.15, 0.2) is 72.8 Å². The molecule has 2 aromatic rings. The van der Waals surface area contributed by atoms with E-state index >= 15 is 0 Å². The number of hydrogen-bond donors (Lipinski definition) is 0. The summed E-state index contributed by atoms with van der Waals surface area (Å²) in [6.07, 6.45) is 6.42. The fraction of sp³-hybridized carbons (Fsp3) is 0.0588. The molecule has 2 aromatic carbocycles. The van der Waals surface area contributed by atoms with Crippen molar-refractivity contribution in [2.75, 3.05) is 0 Å². The molecular weight excluding hydrogens is 204 g/mol. The molecule has 0 saturated heterocycles. The van der Waals surface area contributed by atoms with E-state index in [-0.39, 0.29) is 0 Å². The standard InChI is InChI=1S/C17H16/c1-2-9-17(16-12-7-4-8-13-16)14-15-10-5-3-6-11-15/h2-14H,1H3/b9-2+,17-14+. The molecular formula is C17H16. The van der Waals surface area contributed by atoms with Crippen LogP contribution in [0.25, 0.3) is 11.6 Å². The molecule has 2 rings (SSSR count). The zero-order chi connectivity index (χ0) is 11.9. The second-order valence-electron chi connectivity index (χ2n) is 3.88. The maximum absolute atomic E-state index is 2.20. The molecule has 0 aromatic heterocycles. The van der Waals surface area contributed by atoms with Crippen molar-refractivity contribution < 1.29 is 0 Å². The third-order valence-corrected chi connectivity index (χ3v) is 2.58. The first-order valence-electron chi connectivity index (χ1n) is 5.85. The molecule has 0 unspecified atom stereocenters. The molecule has 0 heterocycles. The fourth-order valence-electron chi connectivity index (χ4n) is 1.77. The van der Waals surface area contributed by atoms with Crippen molar-refractivity contribution in [3.05, 3.63) is 83.9 Å². The quantitative estimate of drug-likeness (QED) is 0.514. The van der Waals surface area contributed by atoms with Crippen molar-refractivity contribution in [3.63, 3.8) is 0 Å². The van der Waals surface area contributed by atoms with Gasteiger partial charge in [0.15, 0.2) is 0 Å². The Labute approximate surface area is 103 Å². The number of hydrogen-bond acceptors (Lipinski definition) is 0. The third kappa shape index (κ3) is 3.18. The fourth-order valence-corrected chi connectivity index (χ4v) is 1.77. The minimum atomic E-state index is 1.23. The lowest BCUT2D eigenvalue weighted by Crippen LogP contribution is -1.80. The lowest BCUT2D eigenvalue weighted by molar-refractivity contribution is 1.60. The van der Waals surface area contributed by atoms with E-state index in [1.807, 2.05) is 19.1 Å². The average molecular weight is 220 g/mol. The highest BCUT2D eigenvalue weighted by Crippen LogP contribution is 2.19. The topological polar surface area (TPSA) is 0 Å². The molecule has 0 radical (unpaired) electrons. The van der Waals surface area contributed by atoms with Gasteiger partial charge >= 0.3 is 0 Å². The molecule has 0 aliphatic rings. The predicted octanol–water partition coefficient (Wildman–Crippen LogP) is 4.80. The molecule has 0 fully saturated rings. The molecule has 17 heavy (non-hydrogen) atoms. The zero-order valence-electron chi connectivity index (χ0n) is 10.0. The summed E-state index contributed by atoms with van der Waals surface area (Å²) >= 11 is 0. The first-order valence-corrected chi connectivity index (χ1v) is 5.85. The van der Waals surface area contributed by atoms with Crippen LogP contribution in [0, 0.1) is 0 Å². The van der Waals surface area contributed by atoms with Crippen LogP contribution in [0.2, 0.25) is 0 Å². The van der Waals surface area contributed by atoms with Crippen molar-refractivity contribution in [2.24, 2.45) is 0 Å². The van der Waals surface area contributed by atoms with Gasteiger partial charge in [-0.25, -0.2) is 0 Å².